The first-order valence-corrected chi connectivity index (χ1v) is 8.11. The largest absolute Gasteiger partial charge is 0.310 e. The van der Waals surface area contributed by atoms with Gasteiger partial charge in [0.1, 0.15) is 0 Å². The predicted octanol–water partition coefficient (Wildman–Crippen LogP) is 4.70. The van der Waals surface area contributed by atoms with Crippen molar-refractivity contribution < 1.29 is 0 Å². The molecular formula is C16H19ClN2S. The topological polar surface area (TPSA) is 24.9 Å². The number of benzene rings is 1. The lowest BCUT2D eigenvalue weighted by Crippen LogP contribution is -2.17. The normalized spacial score (nSPS) is 12.3. The fraction of sp³-hybridized carbons (Fsp3) is 0.312. The Labute approximate surface area is 130 Å². The second kappa shape index (κ2) is 7.67. The van der Waals surface area contributed by atoms with Crippen molar-refractivity contribution in [3.05, 3.63) is 58.9 Å². The summed E-state index contributed by atoms with van der Waals surface area (Å²) < 4.78 is 0. The van der Waals surface area contributed by atoms with Crippen molar-refractivity contribution >= 4 is 23.4 Å². The van der Waals surface area contributed by atoms with E-state index in [1.165, 1.54) is 10.5 Å². The first-order valence-electron chi connectivity index (χ1n) is 6.75. The van der Waals surface area contributed by atoms with Crippen LogP contribution < -0.4 is 5.32 Å². The summed E-state index contributed by atoms with van der Waals surface area (Å²) in [6.07, 6.45) is 3.47. The molecule has 4 heteroatoms. The standard InChI is InChI=1S/C16H19ClN2S/c1-3-19-12(2)13-4-6-15(7-5-13)20-11-14-8-9-18-10-16(14)17/h4-10,12,19H,3,11H2,1-2H3. The number of pyridine rings is 1. The number of hydrogen-bond acceptors (Lipinski definition) is 3. The van der Waals surface area contributed by atoms with Crippen LogP contribution in [0.4, 0.5) is 0 Å². The molecule has 0 bridgehead atoms. The minimum atomic E-state index is 0.397. The number of thioether (sulfide) groups is 1. The number of nitrogens with one attached hydrogen (secondary N) is 1. The van der Waals surface area contributed by atoms with Crippen LogP contribution in [0.15, 0.2) is 47.6 Å². The van der Waals surface area contributed by atoms with E-state index >= 15 is 0 Å². The van der Waals surface area contributed by atoms with E-state index in [4.69, 9.17) is 11.6 Å². The predicted molar refractivity (Wildman–Crippen MR) is 87.3 cm³/mol. The van der Waals surface area contributed by atoms with Crippen molar-refractivity contribution in [1.82, 2.24) is 10.3 Å². The Balaban J connectivity index is 1.96. The van der Waals surface area contributed by atoms with E-state index in [9.17, 15) is 0 Å². The van der Waals surface area contributed by atoms with Crippen LogP contribution in [0, 0.1) is 0 Å². The maximum Gasteiger partial charge on any atom is 0.0629 e. The van der Waals surface area contributed by atoms with Gasteiger partial charge in [0.25, 0.3) is 0 Å². The summed E-state index contributed by atoms with van der Waals surface area (Å²) in [7, 11) is 0. The van der Waals surface area contributed by atoms with Gasteiger partial charge in [0.05, 0.1) is 5.02 Å². The van der Waals surface area contributed by atoms with E-state index < -0.39 is 0 Å². The van der Waals surface area contributed by atoms with Crippen molar-refractivity contribution in [2.75, 3.05) is 6.54 Å². The molecule has 0 saturated heterocycles. The molecule has 0 fully saturated rings. The molecule has 0 aliphatic carbocycles. The van der Waals surface area contributed by atoms with Gasteiger partial charge in [0.15, 0.2) is 0 Å². The summed E-state index contributed by atoms with van der Waals surface area (Å²) in [5.41, 5.74) is 2.44. The smallest absolute Gasteiger partial charge is 0.0629 e. The zero-order chi connectivity index (χ0) is 14.4. The summed E-state index contributed by atoms with van der Waals surface area (Å²) >= 11 is 7.90. The molecule has 0 saturated carbocycles. The lowest BCUT2D eigenvalue weighted by molar-refractivity contribution is 0.598. The zero-order valence-electron chi connectivity index (χ0n) is 11.8. The minimum Gasteiger partial charge on any atom is -0.310 e. The highest BCUT2D eigenvalue weighted by Crippen LogP contribution is 2.27. The van der Waals surface area contributed by atoms with Crippen LogP contribution >= 0.6 is 23.4 Å². The maximum atomic E-state index is 6.11. The van der Waals surface area contributed by atoms with Crippen molar-refractivity contribution in [2.24, 2.45) is 0 Å². The fourth-order valence-corrected chi connectivity index (χ4v) is 3.13. The van der Waals surface area contributed by atoms with Crippen molar-refractivity contribution in [3.63, 3.8) is 0 Å². The molecule has 1 atom stereocenters. The third-order valence-electron chi connectivity index (χ3n) is 3.14. The molecule has 2 aromatic rings. The van der Waals surface area contributed by atoms with Gasteiger partial charge in [-0.05, 0) is 42.8 Å². The Bertz CT molecular complexity index is 542. The average Bonchev–Trinajstić information content (AvgIpc) is 2.47. The summed E-state index contributed by atoms with van der Waals surface area (Å²) in [5.74, 6) is 0.865. The number of rotatable bonds is 6. The van der Waals surface area contributed by atoms with Gasteiger partial charge in [-0.15, -0.1) is 11.8 Å². The lowest BCUT2D eigenvalue weighted by Gasteiger charge is -2.13. The number of nitrogens with zero attached hydrogens (tertiary/aromatic N) is 1. The van der Waals surface area contributed by atoms with E-state index in [1.54, 1.807) is 24.2 Å². The Morgan fingerprint density at radius 3 is 2.65 bits per heavy atom. The SMILES string of the molecule is CCNC(C)c1ccc(SCc2ccncc2Cl)cc1. The van der Waals surface area contributed by atoms with E-state index in [-0.39, 0.29) is 0 Å². The van der Waals surface area contributed by atoms with Crippen molar-refractivity contribution in [2.45, 2.75) is 30.5 Å². The van der Waals surface area contributed by atoms with Gasteiger partial charge in [0.2, 0.25) is 0 Å². The number of aromatic nitrogens is 1. The zero-order valence-corrected chi connectivity index (χ0v) is 13.3. The summed E-state index contributed by atoms with van der Waals surface area (Å²) in [5, 5.41) is 4.15. The molecule has 0 amide bonds. The van der Waals surface area contributed by atoms with Crippen LogP contribution in [0.1, 0.15) is 31.0 Å². The van der Waals surface area contributed by atoms with E-state index in [2.05, 4.69) is 48.4 Å². The van der Waals surface area contributed by atoms with Crippen molar-refractivity contribution in [3.8, 4) is 0 Å². The molecule has 1 aromatic heterocycles. The molecule has 106 valence electrons. The Morgan fingerprint density at radius 1 is 1.25 bits per heavy atom. The fourth-order valence-electron chi connectivity index (χ4n) is 1.96. The van der Waals surface area contributed by atoms with Gasteiger partial charge in [0, 0.05) is 29.1 Å². The molecule has 2 nitrogen and oxygen atoms in total. The first-order chi connectivity index (χ1) is 9.70. The lowest BCUT2D eigenvalue weighted by atomic mass is 10.1. The third kappa shape index (κ3) is 4.23. The monoisotopic (exact) mass is 306 g/mol. The molecule has 0 aliphatic heterocycles. The molecule has 0 aliphatic rings. The van der Waals surface area contributed by atoms with Gasteiger partial charge < -0.3 is 5.32 Å². The highest BCUT2D eigenvalue weighted by Gasteiger charge is 2.04. The second-order valence-electron chi connectivity index (χ2n) is 4.60. The summed E-state index contributed by atoms with van der Waals surface area (Å²) in [4.78, 5) is 5.26. The molecular weight excluding hydrogens is 288 g/mol. The third-order valence-corrected chi connectivity index (χ3v) is 4.54. The molecule has 1 unspecified atom stereocenters. The average molecular weight is 307 g/mol. The maximum absolute atomic E-state index is 6.11. The Kier molecular flexibility index (Phi) is 5.89. The molecule has 1 heterocycles. The van der Waals surface area contributed by atoms with Gasteiger partial charge in [-0.3, -0.25) is 4.98 Å². The molecule has 1 N–H and O–H groups in total. The van der Waals surface area contributed by atoms with Crippen LogP contribution in [0.2, 0.25) is 5.02 Å². The molecule has 2 rings (SSSR count). The van der Waals surface area contributed by atoms with E-state index in [1.807, 2.05) is 6.07 Å². The quantitative estimate of drug-likeness (QED) is 0.783. The van der Waals surface area contributed by atoms with Crippen LogP contribution in [0.25, 0.3) is 0 Å². The second-order valence-corrected chi connectivity index (χ2v) is 6.06. The Morgan fingerprint density at radius 2 is 2.00 bits per heavy atom. The van der Waals surface area contributed by atoms with Gasteiger partial charge in [-0.2, -0.15) is 0 Å². The van der Waals surface area contributed by atoms with Gasteiger partial charge in [-0.1, -0.05) is 30.7 Å². The Hall–Kier alpha value is -1.03. The van der Waals surface area contributed by atoms with Crippen LogP contribution in [0.5, 0.6) is 0 Å². The molecule has 0 radical (unpaired) electrons. The van der Waals surface area contributed by atoms with E-state index in [0.29, 0.717) is 6.04 Å². The van der Waals surface area contributed by atoms with Crippen LogP contribution in [-0.2, 0) is 5.75 Å². The summed E-state index contributed by atoms with van der Waals surface area (Å²) in [6.45, 7) is 5.29. The van der Waals surface area contributed by atoms with Crippen LogP contribution in [0.3, 0.4) is 0 Å². The highest BCUT2D eigenvalue weighted by atomic mass is 35.5. The molecule has 20 heavy (non-hydrogen) atoms. The molecule has 0 spiro atoms. The van der Waals surface area contributed by atoms with Crippen LogP contribution in [-0.4, -0.2) is 11.5 Å². The minimum absolute atomic E-state index is 0.397. The summed E-state index contributed by atoms with van der Waals surface area (Å²) in [6, 6.07) is 11.1. The van der Waals surface area contributed by atoms with Crippen molar-refractivity contribution in [1.29, 1.82) is 0 Å². The first kappa shape index (κ1) is 15.4. The highest BCUT2D eigenvalue weighted by molar-refractivity contribution is 7.98. The van der Waals surface area contributed by atoms with E-state index in [0.717, 1.165) is 22.9 Å². The van der Waals surface area contributed by atoms with Gasteiger partial charge in [-0.25, -0.2) is 0 Å². The molecule has 1 aromatic carbocycles. The number of halogens is 1. The number of hydrogen-bond donors (Lipinski definition) is 1. The van der Waals surface area contributed by atoms with Gasteiger partial charge >= 0.3 is 0 Å².